The number of amides is 1. The first-order chi connectivity index (χ1) is 18.9. The molecular formula is C29H34N6O4. The molecule has 2 aromatic carbocycles. The van der Waals surface area contributed by atoms with Crippen LogP contribution >= 0.6 is 0 Å². The fourth-order valence-corrected chi connectivity index (χ4v) is 4.16. The molecule has 0 fully saturated rings. The van der Waals surface area contributed by atoms with Crippen molar-refractivity contribution in [3.8, 4) is 17.4 Å². The van der Waals surface area contributed by atoms with Crippen molar-refractivity contribution < 1.29 is 19.4 Å². The highest BCUT2D eigenvalue weighted by molar-refractivity contribution is 6.02. The Morgan fingerprint density at radius 1 is 1.13 bits per heavy atom. The number of nitrogens with zero attached hydrogens (tertiary/aromatic N) is 4. The van der Waals surface area contributed by atoms with Gasteiger partial charge < -0.3 is 29.8 Å². The Morgan fingerprint density at radius 3 is 2.72 bits per heavy atom. The van der Waals surface area contributed by atoms with E-state index in [1.54, 1.807) is 24.4 Å². The number of H-pyrrole nitrogens is 1. The number of hydrogen-bond acceptors (Lipinski definition) is 8. The molecule has 0 unspecified atom stereocenters. The summed E-state index contributed by atoms with van der Waals surface area (Å²) in [5.41, 5.74) is 3.63. The second-order valence-electron chi connectivity index (χ2n) is 9.31. The van der Waals surface area contributed by atoms with Crippen LogP contribution in [-0.2, 0) is 17.6 Å². The summed E-state index contributed by atoms with van der Waals surface area (Å²) in [6.07, 6.45) is 5.47. The van der Waals surface area contributed by atoms with Crippen LogP contribution in [0.25, 0.3) is 11.0 Å². The molecule has 0 saturated carbocycles. The number of aromatic hydroxyl groups is 1. The molecule has 4 rings (SSSR count). The van der Waals surface area contributed by atoms with Crippen LogP contribution in [0.2, 0.25) is 0 Å². The van der Waals surface area contributed by atoms with Crippen molar-refractivity contribution in [3.05, 3.63) is 71.7 Å². The number of ether oxygens (including phenoxy) is 2. The van der Waals surface area contributed by atoms with Gasteiger partial charge in [-0.3, -0.25) is 9.79 Å². The predicted molar refractivity (Wildman–Crippen MR) is 151 cm³/mol. The quantitative estimate of drug-likeness (QED) is 0.225. The van der Waals surface area contributed by atoms with Gasteiger partial charge in [0.05, 0.1) is 29.4 Å². The van der Waals surface area contributed by atoms with Crippen molar-refractivity contribution in [2.24, 2.45) is 4.99 Å². The van der Waals surface area contributed by atoms with Gasteiger partial charge in [-0.05, 0) is 57.6 Å². The number of fused-ring (bicyclic) bond motifs is 1. The second-order valence-corrected chi connectivity index (χ2v) is 9.31. The molecule has 0 bridgehead atoms. The van der Waals surface area contributed by atoms with Crippen molar-refractivity contribution in [2.45, 2.75) is 19.3 Å². The highest BCUT2D eigenvalue weighted by Gasteiger charge is 2.15. The summed E-state index contributed by atoms with van der Waals surface area (Å²) in [5.74, 6) is 0.617. The number of aromatic nitrogens is 3. The molecule has 0 aliphatic heterocycles. The number of carbonyl (C=O) groups excluding carboxylic acids is 1. The topological polar surface area (TPSA) is 125 Å². The van der Waals surface area contributed by atoms with E-state index in [9.17, 15) is 9.90 Å². The number of aryl methyl sites for hydroxylation is 1. The van der Waals surface area contributed by atoms with Crippen LogP contribution < -0.4 is 14.8 Å². The molecule has 10 heteroatoms. The number of aliphatic imine (C=N–C) groups is 1. The van der Waals surface area contributed by atoms with Gasteiger partial charge in [0.15, 0.2) is 24.0 Å². The van der Waals surface area contributed by atoms with Crippen LogP contribution in [0.1, 0.15) is 23.2 Å². The summed E-state index contributed by atoms with van der Waals surface area (Å²) in [6, 6.07) is 15.1. The van der Waals surface area contributed by atoms with E-state index >= 15 is 0 Å². The van der Waals surface area contributed by atoms with Gasteiger partial charge >= 0.3 is 0 Å². The molecule has 10 nitrogen and oxygen atoms in total. The highest BCUT2D eigenvalue weighted by atomic mass is 16.5. The molecule has 0 aliphatic carbocycles. The predicted octanol–water partition coefficient (Wildman–Crippen LogP) is 3.65. The molecule has 1 amide bonds. The van der Waals surface area contributed by atoms with Gasteiger partial charge in [-0.2, -0.15) is 0 Å². The molecule has 2 aromatic heterocycles. The summed E-state index contributed by atoms with van der Waals surface area (Å²) in [6.45, 7) is 1.28. The van der Waals surface area contributed by atoms with Gasteiger partial charge in [-0.25, -0.2) is 9.97 Å². The SMILES string of the molecule is COc1ccc(N=Cc2c(O)[nH]c3ncnc(CCCN(C)C)c23)cc1OCC(=O)NCCc1ccccc1. The standard InChI is InChI=1S/C29H34N6O4/c1-35(2)15-7-10-23-27-22(29(37)34-28(27)33-19-32-23)17-31-21-11-12-24(38-3)25(16-21)39-18-26(36)30-14-13-20-8-5-4-6-9-20/h4-6,8-9,11-12,16-17,19,37H,7,10,13-15,18H2,1-3H3,(H,30,36)(H,32,33,34). The Kier molecular flexibility index (Phi) is 9.47. The first kappa shape index (κ1) is 27.6. The zero-order valence-electron chi connectivity index (χ0n) is 22.5. The first-order valence-electron chi connectivity index (χ1n) is 12.8. The summed E-state index contributed by atoms with van der Waals surface area (Å²) in [7, 11) is 5.59. The van der Waals surface area contributed by atoms with Gasteiger partial charge in [0.2, 0.25) is 0 Å². The number of benzene rings is 2. The number of methoxy groups -OCH3 is 1. The normalized spacial score (nSPS) is 11.4. The van der Waals surface area contributed by atoms with Crippen LogP contribution in [-0.4, -0.2) is 78.0 Å². The average Bonchev–Trinajstić information content (AvgIpc) is 3.26. The Balaban J connectivity index is 1.44. The maximum Gasteiger partial charge on any atom is 0.257 e. The van der Waals surface area contributed by atoms with Crippen LogP contribution in [0, 0.1) is 0 Å². The third-order valence-electron chi connectivity index (χ3n) is 6.13. The molecule has 39 heavy (non-hydrogen) atoms. The van der Waals surface area contributed by atoms with E-state index < -0.39 is 0 Å². The molecule has 0 saturated heterocycles. The Labute approximate surface area is 227 Å². The summed E-state index contributed by atoms with van der Waals surface area (Å²) >= 11 is 0. The molecule has 0 aliphatic rings. The van der Waals surface area contributed by atoms with Crippen LogP contribution in [0.4, 0.5) is 5.69 Å². The smallest absolute Gasteiger partial charge is 0.257 e. The third-order valence-corrected chi connectivity index (χ3v) is 6.13. The lowest BCUT2D eigenvalue weighted by molar-refractivity contribution is -0.123. The highest BCUT2D eigenvalue weighted by Crippen LogP contribution is 2.32. The van der Waals surface area contributed by atoms with Gasteiger partial charge in [0.25, 0.3) is 5.91 Å². The van der Waals surface area contributed by atoms with E-state index in [4.69, 9.17) is 9.47 Å². The molecule has 0 spiro atoms. The monoisotopic (exact) mass is 530 g/mol. The second kappa shape index (κ2) is 13.4. The molecule has 3 N–H and O–H groups in total. The van der Waals surface area contributed by atoms with Crippen molar-refractivity contribution in [1.29, 1.82) is 0 Å². The van der Waals surface area contributed by atoms with E-state index in [1.165, 1.54) is 13.4 Å². The Morgan fingerprint density at radius 2 is 1.95 bits per heavy atom. The van der Waals surface area contributed by atoms with Crippen molar-refractivity contribution in [2.75, 3.05) is 40.9 Å². The van der Waals surface area contributed by atoms with Gasteiger partial charge in [0, 0.05) is 18.8 Å². The lowest BCUT2D eigenvalue weighted by atomic mass is 10.1. The van der Waals surface area contributed by atoms with Crippen LogP contribution in [0.5, 0.6) is 17.4 Å². The Hall–Kier alpha value is -4.44. The largest absolute Gasteiger partial charge is 0.494 e. The summed E-state index contributed by atoms with van der Waals surface area (Å²) in [5, 5.41) is 14.2. The lowest BCUT2D eigenvalue weighted by Crippen LogP contribution is -2.30. The van der Waals surface area contributed by atoms with E-state index in [1.807, 2.05) is 44.4 Å². The molecule has 2 heterocycles. The number of rotatable bonds is 13. The zero-order chi connectivity index (χ0) is 27.6. The zero-order valence-corrected chi connectivity index (χ0v) is 22.5. The first-order valence-corrected chi connectivity index (χ1v) is 12.8. The molecular weight excluding hydrogens is 496 g/mol. The summed E-state index contributed by atoms with van der Waals surface area (Å²) < 4.78 is 11.2. The Bertz CT molecular complexity index is 1420. The third kappa shape index (κ3) is 7.55. The van der Waals surface area contributed by atoms with E-state index in [0.717, 1.165) is 42.5 Å². The molecule has 0 radical (unpaired) electrons. The van der Waals surface area contributed by atoms with E-state index in [-0.39, 0.29) is 18.4 Å². The molecule has 204 valence electrons. The maximum atomic E-state index is 12.3. The van der Waals surface area contributed by atoms with E-state index in [2.05, 4.69) is 30.2 Å². The van der Waals surface area contributed by atoms with Crippen LogP contribution in [0.3, 0.4) is 0 Å². The average molecular weight is 531 g/mol. The van der Waals surface area contributed by atoms with Crippen molar-refractivity contribution in [3.63, 3.8) is 0 Å². The fraction of sp³-hybridized carbons (Fsp3) is 0.310. The minimum absolute atomic E-state index is 0.0275. The van der Waals surface area contributed by atoms with Gasteiger partial charge in [-0.1, -0.05) is 30.3 Å². The molecule has 0 atom stereocenters. The lowest BCUT2D eigenvalue weighted by Gasteiger charge is -2.11. The number of hydrogen-bond donors (Lipinski definition) is 3. The van der Waals surface area contributed by atoms with Crippen molar-refractivity contribution >= 4 is 28.8 Å². The number of nitrogens with one attached hydrogen (secondary N) is 2. The minimum Gasteiger partial charge on any atom is -0.494 e. The fourth-order valence-electron chi connectivity index (χ4n) is 4.16. The van der Waals surface area contributed by atoms with E-state index in [0.29, 0.717) is 34.9 Å². The number of aromatic amines is 1. The summed E-state index contributed by atoms with van der Waals surface area (Å²) in [4.78, 5) is 30.6. The van der Waals surface area contributed by atoms with Crippen LogP contribution in [0.15, 0.2) is 59.9 Å². The van der Waals surface area contributed by atoms with Gasteiger partial charge in [-0.15, -0.1) is 0 Å². The minimum atomic E-state index is -0.229. The van der Waals surface area contributed by atoms with Crippen molar-refractivity contribution in [1.82, 2.24) is 25.2 Å². The number of carbonyl (C=O) groups is 1. The van der Waals surface area contributed by atoms with Gasteiger partial charge in [0.1, 0.15) is 12.0 Å². The maximum absolute atomic E-state index is 12.3. The molecule has 4 aromatic rings.